The quantitative estimate of drug-likeness (QED) is 0.806. The largest absolute Gasteiger partial charge is 0.311 e. The number of rotatable bonds is 5. The molecule has 1 heterocycles. The van der Waals surface area contributed by atoms with Gasteiger partial charge in [-0.15, -0.1) is 0 Å². The molecule has 2 aliphatic rings. The lowest BCUT2D eigenvalue weighted by Crippen LogP contribution is -2.45. The van der Waals surface area contributed by atoms with Crippen molar-refractivity contribution in [3.05, 3.63) is 0 Å². The lowest BCUT2D eigenvalue weighted by atomic mass is 9.98. The van der Waals surface area contributed by atoms with Gasteiger partial charge in [-0.05, 0) is 64.0 Å². The van der Waals surface area contributed by atoms with E-state index in [1.165, 1.54) is 64.6 Å². The molecule has 1 N–H and O–H groups in total. The average molecular weight is 252 g/mol. The van der Waals surface area contributed by atoms with Gasteiger partial charge in [-0.25, -0.2) is 0 Å². The first-order valence-corrected chi connectivity index (χ1v) is 8.16. The molecular formula is C16H32N2. The lowest BCUT2D eigenvalue weighted by molar-refractivity contribution is 0.174. The van der Waals surface area contributed by atoms with Crippen molar-refractivity contribution in [2.75, 3.05) is 19.6 Å². The maximum atomic E-state index is 3.77. The van der Waals surface area contributed by atoms with Gasteiger partial charge in [-0.3, -0.25) is 0 Å². The second kappa shape index (κ2) is 6.38. The summed E-state index contributed by atoms with van der Waals surface area (Å²) in [7, 11) is 0. The zero-order valence-electron chi connectivity index (χ0n) is 12.7. The van der Waals surface area contributed by atoms with Crippen molar-refractivity contribution < 1.29 is 0 Å². The van der Waals surface area contributed by atoms with Crippen LogP contribution in [0.2, 0.25) is 0 Å². The van der Waals surface area contributed by atoms with Crippen molar-refractivity contribution in [2.24, 2.45) is 5.41 Å². The van der Waals surface area contributed by atoms with E-state index in [0.29, 0.717) is 6.04 Å². The summed E-state index contributed by atoms with van der Waals surface area (Å²) in [5.41, 5.74) is 0.728. The predicted octanol–water partition coefficient (Wildman–Crippen LogP) is 3.42. The van der Waals surface area contributed by atoms with Crippen LogP contribution in [0.25, 0.3) is 0 Å². The Hall–Kier alpha value is -0.0800. The summed E-state index contributed by atoms with van der Waals surface area (Å²) >= 11 is 0. The van der Waals surface area contributed by atoms with Crippen LogP contribution in [0, 0.1) is 5.41 Å². The molecule has 1 saturated heterocycles. The van der Waals surface area contributed by atoms with Gasteiger partial charge in [-0.2, -0.15) is 0 Å². The van der Waals surface area contributed by atoms with Gasteiger partial charge in [0.15, 0.2) is 0 Å². The summed E-state index contributed by atoms with van der Waals surface area (Å²) in [5.74, 6) is 0. The smallest absolute Gasteiger partial charge is 0.00790 e. The number of nitrogens with zero attached hydrogens (tertiary/aromatic N) is 1. The highest BCUT2D eigenvalue weighted by atomic mass is 15.1. The third-order valence-corrected chi connectivity index (χ3v) is 4.98. The first-order chi connectivity index (χ1) is 8.67. The highest BCUT2D eigenvalue weighted by Gasteiger charge is 2.42. The molecule has 0 radical (unpaired) electrons. The van der Waals surface area contributed by atoms with Crippen LogP contribution in [0.15, 0.2) is 0 Å². The van der Waals surface area contributed by atoms with Crippen molar-refractivity contribution in [2.45, 2.75) is 77.8 Å². The summed E-state index contributed by atoms with van der Waals surface area (Å²) in [6.07, 6.45) is 9.72. The van der Waals surface area contributed by atoms with Crippen LogP contribution in [0.4, 0.5) is 0 Å². The van der Waals surface area contributed by atoms with Crippen LogP contribution in [-0.2, 0) is 0 Å². The van der Waals surface area contributed by atoms with Gasteiger partial charge in [-0.1, -0.05) is 20.3 Å². The first-order valence-electron chi connectivity index (χ1n) is 8.16. The molecule has 1 aliphatic carbocycles. The SMILES string of the molecule is CCCC1(CN2CCC(C)NC(CC)CC2)CC1. The van der Waals surface area contributed by atoms with Gasteiger partial charge in [0.05, 0.1) is 0 Å². The van der Waals surface area contributed by atoms with E-state index in [0.717, 1.165) is 11.5 Å². The summed E-state index contributed by atoms with van der Waals surface area (Å²) < 4.78 is 0. The molecule has 0 spiro atoms. The minimum Gasteiger partial charge on any atom is -0.311 e. The molecule has 0 bridgehead atoms. The zero-order chi connectivity index (χ0) is 13.0. The summed E-state index contributed by atoms with van der Waals surface area (Å²) in [6, 6.07) is 1.43. The molecular weight excluding hydrogens is 220 g/mol. The third kappa shape index (κ3) is 3.96. The van der Waals surface area contributed by atoms with Gasteiger partial charge >= 0.3 is 0 Å². The van der Waals surface area contributed by atoms with E-state index >= 15 is 0 Å². The highest BCUT2D eigenvalue weighted by molar-refractivity contribution is 4.95. The van der Waals surface area contributed by atoms with Crippen LogP contribution >= 0.6 is 0 Å². The van der Waals surface area contributed by atoms with Crippen LogP contribution in [0.5, 0.6) is 0 Å². The van der Waals surface area contributed by atoms with Gasteiger partial charge in [0.25, 0.3) is 0 Å². The Morgan fingerprint density at radius 3 is 2.50 bits per heavy atom. The Labute approximate surface area is 114 Å². The first kappa shape index (κ1) is 14.3. The normalized spacial score (nSPS) is 32.8. The van der Waals surface area contributed by atoms with Crippen molar-refractivity contribution in [1.29, 1.82) is 0 Å². The number of hydrogen-bond donors (Lipinski definition) is 1. The molecule has 2 nitrogen and oxygen atoms in total. The van der Waals surface area contributed by atoms with Crippen molar-refractivity contribution in [1.82, 2.24) is 10.2 Å². The maximum Gasteiger partial charge on any atom is 0.00790 e. The van der Waals surface area contributed by atoms with E-state index in [2.05, 4.69) is 31.0 Å². The Kier molecular flexibility index (Phi) is 5.08. The molecule has 2 unspecified atom stereocenters. The van der Waals surface area contributed by atoms with E-state index in [1.54, 1.807) is 0 Å². The molecule has 106 valence electrons. The molecule has 2 rings (SSSR count). The van der Waals surface area contributed by atoms with Crippen LogP contribution < -0.4 is 5.32 Å². The Balaban J connectivity index is 1.84. The number of hydrogen-bond acceptors (Lipinski definition) is 2. The molecule has 1 aliphatic heterocycles. The molecule has 0 amide bonds. The fourth-order valence-electron chi connectivity index (χ4n) is 3.54. The second-order valence-corrected chi connectivity index (χ2v) is 6.78. The molecule has 0 aromatic rings. The predicted molar refractivity (Wildman–Crippen MR) is 78.9 cm³/mol. The zero-order valence-corrected chi connectivity index (χ0v) is 12.7. The molecule has 0 aromatic carbocycles. The molecule has 2 heteroatoms. The van der Waals surface area contributed by atoms with Gasteiger partial charge < -0.3 is 10.2 Å². The average Bonchev–Trinajstić information content (AvgIpc) is 3.09. The van der Waals surface area contributed by atoms with E-state index in [-0.39, 0.29) is 0 Å². The van der Waals surface area contributed by atoms with Crippen LogP contribution in [0.1, 0.15) is 65.7 Å². The standard InChI is InChI=1S/C16H32N2/c1-4-8-16(9-10-16)13-18-11-6-14(3)17-15(5-2)7-12-18/h14-15,17H,4-13H2,1-3H3. The Morgan fingerprint density at radius 1 is 1.17 bits per heavy atom. The molecule has 1 saturated carbocycles. The third-order valence-electron chi connectivity index (χ3n) is 4.98. The Morgan fingerprint density at radius 2 is 1.89 bits per heavy atom. The summed E-state index contributed by atoms with van der Waals surface area (Å²) in [6.45, 7) is 11.0. The maximum absolute atomic E-state index is 3.77. The lowest BCUT2D eigenvalue weighted by Gasteiger charge is -2.34. The van der Waals surface area contributed by atoms with Gasteiger partial charge in [0.1, 0.15) is 0 Å². The van der Waals surface area contributed by atoms with E-state index in [1.807, 2.05) is 0 Å². The van der Waals surface area contributed by atoms with E-state index < -0.39 is 0 Å². The van der Waals surface area contributed by atoms with Crippen molar-refractivity contribution in [3.8, 4) is 0 Å². The molecule has 0 aromatic heterocycles. The summed E-state index contributed by atoms with van der Waals surface area (Å²) in [4.78, 5) is 2.77. The van der Waals surface area contributed by atoms with Crippen LogP contribution in [0.3, 0.4) is 0 Å². The molecule has 2 atom stereocenters. The molecule has 2 fully saturated rings. The summed E-state index contributed by atoms with van der Waals surface area (Å²) in [5, 5.41) is 3.77. The fraction of sp³-hybridized carbons (Fsp3) is 1.00. The minimum absolute atomic E-state index is 0.694. The minimum atomic E-state index is 0.694. The van der Waals surface area contributed by atoms with Gasteiger partial charge in [0, 0.05) is 18.6 Å². The fourth-order valence-corrected chi connectivity index (χ4v) is 3.54. The van der Waals surface area contributed by atoms with Crippen molar-refractivity contribution >= 4 is 0 Å². The second-order valence-electron chi connectivity index (χ2n) is 6.78. The van der Waals surface area contributed by atoms with E-state index in [9.17, 15) is 0 Å². The van der Waals surface area contributed by atoms with Gasteiger partial charge in [0.2, 0.25) is 0 Å². The highest BCUT2D eigenvalue weighted by Crippen LogP contribution is 2.50. The number of nitrogens with one attached hydrogen (secondary N) is 1. The van der Waals surface area contributed by atoms with Crippen LogP contribution in [-0.4, -0.2) is 36.6 Å². The Bertz CT molecular complexity index is 247. The topological polar surface area (TPSA) is 15.3 Å². The van der Waals surface area contributed by atoms with E-state index in [4.69, 9.17) is 0 Å². The van der Waals surface area contributed by atoms with Crippen molar-refractivity contribution in [3.63, 3.8) is 0 Å². The molecule has 18 heavy (non-hydrogen) atoms. The monoisotopic (exact) mass is 252 g/mol.